The number of hydrogen-bond donors (Lipinski definition) is 3. The fourth-order valence-corrected chi connectivity index (χ4v) is 3.71. The van der Waals surface area contributed by atoms with Crippen molar-refractivity contribution >= 4 is 38.0 Å². The fourth-order valence-electron chi connectivity index (χ4n) is 1.91. The number of hydrogen-bond acceptors (Lipinski definition) is 5. The van der Waals surface area contributed by atoms with Gasteiger partial charge in [-0.15, -0.1) is 11.3 Å². The normalized spacial score (nSPS) is 12.0. The van der Waals surface area contributed by atoms with Crippen LogP contribution in [0.2, 0.25) is 0 Å². The molecule has 104 valence electrons. The Labute approximate surface area is 119 Å². The van der Waals surface area contributed by atoms with Crippen LogP contribution in [-0.4, -0.2) is 18.4 Å². The number of nitrogens with two attached hydrogens (primary N) is 1. The van der Waals surface area contributed by atoms with Gasteiger partial charge in [-0.3, -0.25) is 0 Å². The molecule has 0 fully saturated rings. The predicted molar refractivity (Wildman–Crippen MR) is 78.9 cm³/mol. The SMILES string of the molecule is Nc1ccc2[nH]cc(S(=O)(=O)NCc3nccs3)c2c1. The van der Waals surface area contributed by atoms with Crippen LogP contribution in [0.4, 0.5) is 5.69 Å². The van der Waals surface area contributed by atoms with Gasteiger partial charge in [0.15, 0.2) is 0 Å². The number of aromatic nitrogens is 2. The molecule has 1 aromatic carbocycles. The molecule has 0 aliphatic heterocycles. The second-order valence-corrected chi connectivity index (χ2v) is 6.92. The van der Waals surface area contributed by atoms with Crippen LogP contribution in [0.25, 0.3) is 10.9 Å². The van der Waals surface area contributed by atoms with Gasteiger partial charge in [-0.2, -0.15) is 0 Å². The quantitative estimate of drug-likeness (QED) is 0.638. The van der Waals surface area contributed by atoms with E-state index in [0.717, 1.165) is 5.52 Å². The molecule has 2 aromatic heterocycles. The second-order valence-electron chi connectivity index (χ2n) is 4.21. The van der Waals surface area contributed by atoms with Gasteiger partial charge in [-0.25, -0.2) is 18.1 Å². The van der Waals surface area contributed by atoms with E-state index in [0.29, 0.717) is 16.1 Å². The van der Waals surface area contributed by atoms with E-state index >= 15 is 0 Å². The van der Waals surface area contributed by atoms with E-state index in [2.05, 4.69) is 14.7 Å². The van der Waals surface area contributed by atoms with Crippen LogP contribution < -0.4 is 10.5 Å². The van der Waals surface area contributed by atoms with Gasteiger partial charge in [0, 0.05) is 34.4 Å². The zero-order chi connectivity index (χ0) is 14.2. The maximum atomic E-state index is 12.3. The van der Waals surface area contributed by atoms with Crippen molar-refractivity contribution in [2.75, 3.05) is 5.73 Å². The molecule has 2 heterocycles. The topological polar surface area (TPSA) is 101 Å². The molecule has 6 nitrogen and oxygen atoms in total. The number of nitrogen functional groups attached to an aromatic ring is 1. The highest BCUT2D eigenvalue weighted by molar-refractivity contribution is 7.89. The largest absolute Gasteiger partial charge is 0.399 e. The van der Waals surface area contributed by atoms with Crippen molar-refractivity contribution < 1.29 is 8.42 Å². The lowest BCUT2D eigenvalue weighted by molar-refractivity contribution is 0.582. The molecule has 0 aliphatic rings. The Bertz CT molecular complexity index is 838. The lowest BCUT2D eigenvalue weighted by atomic mass is 10.2. The lowest BCUT2D eigenvalue weighted by Gasteiger charge is -2.04. The van der Waals surface area contributed by atoms with E-state index in [9.17, 15) is 8.42 Å². The van der Waals surface area contributed by atoms with Gasteiger partial charge in [-0.05, 0) is 18.2 Å². The highest BCUT2D eigenvalue weighted by Crippen LogP contribution is 2.24. The summed E-state index contributed by atoms with van der Waals surface area (Å²) in [5.74, 6) is 0. The monoisotopic (exact) mass is 308 g/mol. The maximum absolute atomic E-state index is 12.3. The molecule has 0 bridgehead atoms. The number of aromatic amines is 1. The van der Waals surface area contributed by atoms with E-state index in [1.165, 1.54) is 17.5 Å². The molecule has 0 saturated heterocycles. The minimum Gasteiger partial charge on any atom is -0.399 e. The standard InChI is InChI=1S/C12H12N4O2S2/c13-8-1-2-10-9(5-8)11(6-15-10)20(17,18)16-7-12-14-3-4-19-12/h1-6,15-16H,7,13H2. The van der Waals surface area contributed by atoms with Gasteiger partial charge < -0.3 is 10.7 Å². The zero-order valence-electron chi connectivity index (χ0n) is 10.3. The molecular weight excluding hydrogens is 296 g/mol. The van der Waals surface area contributed by atoms with Gasteiger partial charge in [-0.1, -0.05) is 0 Å². The number of benzene rings is 1. The van der Waals surface area contributed by atoms with Gasteiger partial charge in [0.1, 0.15) is 9.90 Å². The van der Waals surface area contributed by atoms with Crippen LogP contribution in [-0.2, 0) is 16.6 Å². The Kier molecular flexibility index (Phi) is 3.20. The van der Waals surface area contributed by atoms with Gasteiger partial charge in [0.2, 0.25) is 10.0 Å². The molecule has 20 heavy (non-hydrogen) atoms. The van der Waals surface area contributed by atoms with E-state index in [4.69, 9.17) is 5.73 Å². The number of fused-ring (bicyclic) bond motifs is 1. The Morgan fingerprint density at radius 2 is 2.25 bits per heavy atom. The molecule has 8 heteroatoms. The molecule has 0 spiro atoms. The number of rotatable bonds is 4. The first-order valence-electron chi connectivity index (χ1n) is 5.81. The molecular formula is C12H12N4O2S2. The number of anilines is 1. The van der Waals surface area contributed by atoms with Crippen LogP contribution in [0.1, 0.15) is 5.01 Å². The summed E-state index contributed by atoms with van der Waals surface area (Å²) in [6.07, 6.45) is 3.11. The van der Waals surface area contributed by atoms with Crippen LogP contribution in [0, 0.1) is 0 Å². The first kappa shape index (κ1) is 13.1. The summed E-state index contributed by atoms with van der Waals surface area (Å²) in [5.41, 5.74) is 6.96. The average molecular weight is 308 g/mol. The third-order valence-corrected chi connectivity index (χ3v) is 5.08. The summed E-state index contributed by atoms with van der Waals surface area (Å²) in [6, 6.07) is 5.12. The summed E-state index contributed by atoms with van der Waals surface area (Å²) in [4.78, 5) is 7.16. The Morgan fingerprint density at radius 3 is 3.00 bits per heavy atom. The molecule has 0 unspecified atom stereocenters. The number of H-pyrrole nitrogens is 1. The first-order chi connectivity index (χ1) is 9.56. The fraction of sp³-hybridized carbons (Fsp3) is 0.0833. The van der Waals surface area contributed by atoms with Crippen molar-refractivity contribution in [2.24, 2.45) is 0 Å². The number of nitrogens with one attached hydrogen (secondary N) is 2. The van der Waals surface area contributed by atoms with E-state index in [1.807, 2.05) is 0 Å². The van der Waals surface area contributed by atoms with E-state index in [1.54, 1.807) is 29.8 Å². The summed E-state index contributed by atoms with van der Waals surface area (Å²) in [7, 11) is -3.61. The Balaban J connectivity index is 1.94. The minimum atomic E-state index is -3.61. The summed E-state index contributed by atoms with van der Waals surface area (Å²) in [6.45, 7) is 0.176. The average Bonchev–Trinajstić information content (AvgIpc) is 3.05. The molecule has 3 rings (SSSR count). The minimum absolute atomic E-state index is 0.176. The number of thiazole rings is 1. The molecule has 3 aromatic rings. The molecule has 4 N–H and O–H groups in total. The van der Waals surface area contributed by atoms with Crippen LogP contribution in [0.3, 0.4) is 0 Å². The van der Waals surface area contributed by atoms with Crippen molar-refractivity contribution in [1.82, 2.24) is 14.7 Å². The van der Waals surface area contributed by atoms with Crippen molar-refractivity contribution in [1.29, 1.82) is 0 Å². The van der Waals surface area contributed by atoms with Crippen molar-refractivity contribution in [3.63, 3.8) is 0 Å². The van der Waals surface area contributed by atoms with Gasteiger partial charge >= 0.3 is 0 Å². The molecule has 0 saturated carbocycles. The lowest BCUT2D eigenvalue weighted by Crippen LogP contribution is -2.22. The van der Waals surface area contributed by atoms with E-state index < -0.39 is 10.0 Å². The Hall–Kier alpha value is -1.90. The van der Waals surface area contributed by atoms with Crippen molar-refractivity contribution in [3.05, 3.63) is 41.0 Å². The smallest absolute Gasteiger partial charge is 0.243 e. The number of sulfonamides is 1. The van der Waals surface area contributed by atoms with Crippen LogP contribution >= 0.6 is 11.3 Å². The van der Waals surface area contributed by atoms with Crippen molar-refractivity contribution in [3.8, 4) is 0 Å². The van der Waals surface area contributed by atoms with Crippen molar-refractivity contribution in [2.45, 2.75) is 11.4 Å². The summed E-state index contributed by atoms with van der Waals surface area (Å²) >= 11 is 1.40. The van der Waals surface area contributed by atoms with E-state index in [-0.39, 0.29) is 11.4 Å². The van der Waals surface area contributed by atoms with Crippen LogP contribution in [0.15, 0.2) is 40.9 Å². The van der Waals surface area contributed by atoms with Crippen LogP contribution in [0.5, 0.6) is 0 Å². The maximum Gasteiger partial charge on any atom is 0.243 e. The predicted octanol–water partition coefficient (Wildman–Crippen LogP) is 1.69. The third-order valence-electron chi connectivity index (χ3n) is 2.85. The molecule has 0 aliphatic carbocycles. The zero-order valence-corrected chi connectivity index (χ0v) is 12.0. The summed E-state index contributed by atoms with van der Waals surface area (Å²) < 4.78 is 27.2. The molecule has 0 radical (unpaired) electrons. The summed E-state index contributed by atoms with van der Waals surface area (Å²) in [5, 5.41) is 3.10. The first-order valence-corrected chi connectivity index (χ1v) is 8.17. The van der Waals surface area contributed by atoms with Gasteiger partial charge in [0.05, 0.1) is 6.54 Å². The van der Waals surface area contributed by atoms with Gasteiger partial charge in [0.25, 0.3) is 0 Å². The Morgan fingerprint density at radius 1 is 1.40 bits per heavy atom. The highest BCUT2D eigenvalue weighted by atomic mass is 32.2. The molecule has 0 atom stereocenters. The third kappa shape index (κ3) is 2.40. The second kappa shape index (κ2) is 4.89. The molecule has 0 amide bonds. The highest BCUT2D eigenvalue weighted by Gasteiger charge is 2.19. The number of nitrogens with zero attached hydrogens (tertiary/aromatic N) is 1.